The molecule has 1 aliphatic carbocycles. The number of carbonyl (C=O) groups is 1. The first kappa shape index (κ1) is 20.3. The summed E-state index contributed by atoms with van der Waals surface area (Å²) < 4.78 is 16.3. The van der Waals surface area contributed by atoms with Gasteiger partial charge < -0.3 is 19.3 Å². The third-order valence-corrected chi connectivity index (χ3v) is 4.25. The van der Waals surface area contributed by atoms with Crippen LogP contribution in [0.3, 0.4) is 0 Å². The molecule has 5 nitrogen and oxygen atoms in total. The maximum absolute atomic E-state index is 12.3. The third kappa shape index (κ3) is 6.01. The lowest BCUT2D eigenvalue weighted by molar-refractivity contribution is -0.343. The SMILES string of the molecule is CCCCCOc1ccc(OC(=O)c2ccc(OC([O-])=C3C=CC=C3)cc2)cc1. The lowest BCUT2D eigenvalue weighted by Gasteiger charge is -2.17. The summed E-state index contributed by atoms with van der Waals surface area (Å²) in [5.74, 6) is 0.606. The van der Waals surface area contributed by atoms with E-state index in [2.05, 4.69) is 6.92 Å². The van der Waals surface area contributed by atoms with Crippen molar-refractivity contribution in [1.29, 1.82) is 0 Å². The Kier molecular flexibility index (Phi) is 7.11. The fraction of sp³-hybridized carbons (Fsp3) is 0.208. The summed E-state index contributed by atoms with van der Waals surface area (Å²) in [5, 5.41) is 11.9. The second-order valence-corrected chi connectivity index (χ2v) is 6.50. The lowest BCUT2D eigenvalue weighted by atomic mass is 10.2. The van der Waals surface area contributed by atoms with E-state index in [1.54, 1.807) is 72.8 Å². The van der Waals surface area contributed by atoms with Gasteiger partial charge in [-0.25, -0.2) is 4.79 Å². The highest BCUT2D eigenvalue weighted by atomic mass is 16.6. The predicted molar refractivity (Wildman–Crippen MR) is 109 cm³/mol. The fourth-order valence-electron chi connectivity index (χ4n) is 2.65. The number of esters is 1. The molecule has 3 rings (SSSR count). The molecule has 0 heterocycles. The van der Waals surface area contributed by atoms with Crippen LogP contribution in [-0.2, 0) is 0 Å². The van der Waals surface area contributed by atoms with E-state index in [-0.39, 0.29) is 0 Å². The molecule has 0 amide bonds. The van der Waals surface area contributed by atoms with Crippen molar-refractivity contribution >= 4 is 5.97 Å². The predicted octanol–water partition coefficient (Wildman–Crippen LogP) is 4.55. The van der Waals surface area contributed by atoms with Gasteiger partial charge in [0.2, 0.25) is 0 Å². The van der Waals surface area contributed by atoms with Gasteiger partial charge in [-0.15, -0.1) is 0 Å². The topological polar surface area (TPSA) is 67.8 Å². The first-order valence-corrected chi connectivity index (χ1v) is 9.64. The molecule has 0 atom stereocenters. The molecule has 0 N–H and O–H groups in total. The Morgan fingerprint density at radius 1 is 0.828 bits per heavy atom. The maximum Gasteiger partial charge on any atom is 0.343 e. The van der Waals surface area contributed by atoms with E-state index in [0.29, 0.717) is 29.2 Å². The minimum atomic E-state index is -0.490. The van der Waals surface area contributed by atoms with Crippen molar-refractivity contribution in [3.63, 3.8) is 0 Å². The highest BCUT2D eigenvalue weighted by Gasteiger charge is 2.08. The zero-order chi connectivity index (χ0) is 20.5. The molecule has 0 saturated heterocycles. The lowest BCUT2D eigenvalue weighted by Crippen LogP contribution is -2.13. The van der Waals surface area contributed by atoms with Crippen molar-refractivity contribution in [2.24, 2.45) is 0 Å². The third-order valence-electron chi connectivity index (χ3n) is 4.25. The van der Waals surface area contributed by atoms with Crippen LogP contribution < -0.4 is 19.3 Å². The van der Waals surface area contributed by atoms with Crippen LogP contribution in [0.4, 0.5) is 0 Å². The Labute approximate surface area is 170 Å². The Bertz CT molecular complexity index is 891. The zero-order valence-corrected chi connectivity index (χ0v) is 16.3. The van der Waals surface area contributed by atoms with E-state index < -0.39 is 11.9 Å². The van der Waals surface area contributed by atoms with Crippen LogP contribution in [0.25, 0.3) is 0 Å². The number of unbranched alkanes of at least 4 members (excludes halogenated alkanes) is 2. The summed E-state index contributed by atoms with van der Waals surface area (Å²) >= 11 is 0. The van der Waals surface area contributed by atoms with Crippen molar-refractivity contribution in [2.75, 3.05) is 6.61 Å². The van der Waals surface area contributed by atoms with E-state index in [1.807, 2.05) is 0 Å². The second-order valence-electron chi connectivity index (χ2n) is 6.50. The fourth-order valence-corrected chi connectivity index (χ4v) is 2.65. The van der Waals surface area contributed by atoms with Crippen LogP contribution in [0.1, 0.15) is 36.5 Å². The molecule has 150 valence electrons. The summed E-state index contributed by atoms with van der Waals surface area (Å²) in [4.78, 5) is 12.3. The van der Waals surface area contributed by atoms with Gasteiger partial charge in [0, 0.05) is 5.75 Å². The smallest absolute Gasteiger partial charge is 0.343 e. The van der Waals surface area contributed by atoms with Crippen molar-refractivity contribution in [3.05, 3.63) is 89.9 Å². The molecule has 5 heteroatoms. The van der Waals surface area contributed by atoms with Gasteiger partial charge in [-0.3, -0.25) is 0 Å². The Balaban J connectivity index is 1.53. The van der Waals surface area contributed by atoms with E-state index >= 15 is 0 Å². The average Bonchev–Trinajstić information content (AvgIpc) is 3.28. The largest absolute Gasteiger partial charge is 0.579 e. The van der Waals surface area contributed by atoms with Gasteiger partial charge in [0.15, 0.2) is 0 Å². The summed E-state index contributed by atoms with van der Waals surface area (Å²) in [7, 11) is 0. The van der Waals surface area contributed by atoms with Crippen molar-refractivity contribution < 1.29 is 24.1 Å². The standard InChI is InChI=1S/C24H24O5/c1-2-3-6-17-27-20-13-15-22(16-14-20)29-24(26)19-9-11-21(12-10-19)28-23(25)18-7-4-5-8-18/h4-5,7-16,25H,2-3,6,17H2,1H3/p-1. The molecule has 2 aromatic rings. The zero-order valence-electron chi connectivity index (χ0n) is 16.3. The van der Waals surface area contributed by atoms with Crippen LogP contribution in [0.2, 0.25) is 0 Å². The van der Waals surface area contributed by atoms with Crippen molar-refractivity contribution in [1.82, 2.24) is 0 Å². The molecule has 0 fully saturated rings. The van der Waals surface area contributed by atoms with Crippen LogP contribution in [0, 0.1) is 0 Å². The van der Waals surface area contributed by atoms with Gasteiger partial charge in [-0.05, 0) is 60.5 Å². The van der Waals surface area contributed by atoms with Gasteiger partial charge in [0.1, 0.15) is 11.5 Å². The molecule has 0 bridgehead atoms. The number of hydrogen-bond donors (Lipinski definition) is 0. The monoisotopic (exact) mass is 391 g/mol. The number of allylic oxidation sites excluding steroid dienone is 5. The second kappa shape index (κ2) is 10.2. The highest BCUT2D eigenvalue weighted by molar-refractivity contribution is 5.91. The molecule has 0 spiro atoms. The quantitative estimate of drug-likeness (QED) is 0.271. The molecular weight excluding hydrogens is 368 g/mol. The summed E-state index contributed by atoms with van der Waals surface area (Å²) in [6.45, 7) is 2.82. The summed E-state index contributed by atoms with van der Waals surface area (Å²) in [6, 6.07) is 13.2. The van der Waals surface area contributed by atoms with Crippen LogP contribution >= 0.6 is 0 Å². The minimum Gasteiger partial charge on any atom is -0.579 e. The van der Waals surface area contributed by atoms with E-state index in [9.17, 15) is 9.90 Å². The highest BCUT2D eigenvalue weighted by Crippen LogP contribution is 2.21. The number of hydrogen-bond acceptors (Lipinski definition) is 5. The average molecular weight is 391 g/mol. The van der Waals surface area contributed by atoms with Crippen LogP contribution in [-0.4, -0.2) is 12.6 Å². The molecule has 2 aromatic carbocycles. The minimum absolute atomic E-state index is 0.359. The molecule has 29 heavy (non-hydrogen) atoms. The Morgan fingerprint density at radius 3 is 2.07 bits per heavy atom. The Hall–Kier alpha value is -3.47. The molecule has 0 unspecified atom stereocenters. The number of benzene rings is 2. The molecule has 0 radical (unpaired) electrons. The van der Waals surface area contributed by atoms with Gasteiger partial charge in [-0.2, -0.15) is 0 Å². The molecular formula is C24H23O5-. The van der Waals surface area contributed by atoms with Gasteiger partial charge in [0.05, 0.1) is 18.1 Å². The number of carbonyl (C=O) groups excluding carboxylic acids is 1. The molecule has 1 aliphatic rings. The Morgan fingerprint density at radius 2 is 1.41 bits per heavy atom. The number of ether oxygens (including phenoxy) is 3. The summed E-state index contributed by atoms with van der Waals surface area (Å²) in [6.07, 6.45) is 10.2. The molecule has 0 aliphatic heterocycles. The molecule has 0 aromatic heterocycles. The van der Waals surface area contributed by atoms with E-state index in [1.165, 1.54) is 0 Å². The van der Waals surface area contributed by atoms with Crippen molar-refractivity contribution in [3.8, 4) is 17.2 Å². The normalized spacial score (nSPS) is 12.1. The van der Waals surface area contributed by atoms with E-state index in [0.717, 1.165) is 25.0 Å². The first-order chi connectivity index (χ1) is 14.2. The molecule has 0 saturated carbocycles. The van der Waals surface area contributed by atoms with Crippen LogP contribution in [0.5, 0.6) is 17.2 Å². The van der Waals surface area contributed by atoms with Crippen LogP contribution in [0.15, 0.2) is 84.4 Å². The van der Waals surface area contributed by atoms with E-state index in [4.69, 9.17) is 14.2 Å². The van der Waals surface area contributed by atoms with Crippen molar-refractivity contribution in [2.45, 2.75) is 26.2 Å². The summed E-state index contributed by atoms with van der Waals surface area (Å²) in [5.41, 5.74) is 0.837. The number of rotatable bonds is 9. The first-order valence-electron chi connectivity index (χ1n) is 9.64. The van der Waals surface area contributed by atoms with Gasteiger partial charge >= 0.3 is 5.97 Å². The maximum atomic E-state index is 12.3. The van der Waals surface area contributed by atoms with Gasteiger partial charge in [0.25, 0.3) is 0 Å². The van der Waals surface area contributed by atoms with Gasteiger partial charge in [-0.1, -0.05) is 44.1 Å².